The third-order valence-corrected chi connectivity index (χ3v) is 3.92. The number of benzene rings is 1. The quantitative estimate of drug-likeness (QED) is 0.742. The number of urea groups is 1. The largest absolute Gasteiger partial charge is 0.336 e. The lowest BCUT2D eigenvalue weighted by molar-refractivity contribution is -0.123. The molecule has 21 heavy (non-hydrogen) atoms. The minimum absolute atomic E-state index is 0.0169. The van der Waals surface area contributed by atoms with Crippen molar-refractivity contribution < 1.29 is 18.8 Å². The highest BCUT2D eigenvalue weighted by atomic mass is 19.1. The molecule has 1 spiro atoms. The Balaban J connectivity index is 1.83. The zero-order valence-corrected chi connectivity index (χ0v) is 11.4. The maximum Gasteiger partial charge on any atom is 0.322 e. The van der Waals surface area contributed by atoms with Gasteiger partial charge >= 0.3 is 6.03 Å². The lowest BCUT2D eigenvalue weighted by Crippen LogP contribution is -2.49. The van der Waals surface area contributed by atoms with Crippen LogP contribution in [0.25, 0.3) is 0 Å². The van der Waals surface area contributed by atoms with E-state index >= 15 is 0 Å². The number of amides is 4. The maximum atomic E-state index is 13.8. The van der Waals surface area contributed by atoms with Crippen LogP contribution in [0.4, 0.5) is 9.18 Å². The molecule has 0 aromatic heterocycles. The summed E-state index contributed by atoms with van der Waals surface area (Å²) in [6.45, 7) is 2.11. The van der Waals surface area contributed by atoms with Crippen molar-refractivity contribution >= 4 is 17.8 Å². The fraction of sp³-hybridized carbons (Fsp3) is 0.357. The molecule has 2 fully saturated rings. The lowest BCUT2D eigenvalue weighted by Gasteiger charge is -2.21. The highest BCUT2D eigenvalue weighted by Crippen LogP contribution is 2.26. The summed E-state index contributed by atoms with van der Waals surface area (Å²) in [6.07, 6.45) is 0.323. The minimum Gasteiger partial charge on any atom is -0.336 e. The van der Waals surface area contributed by atoms with E-state index in [1.807, 2.05) is 0 Å². The summed E-state index contributed by atoms with van der Waals surface area (Å²) in [5.41, 5.74) is -0.315. The van der Waals surface area contributed by atoms with E-state index in [1.165, 1.54) is 17.0 Å². The van der Waals surface area contributed by atoms with E-state index < -0.39 is 29.2 Å². The predicted molar refractivity (Wildman–Crippen MR) is 71.1 cm³/mol. The van der Waals surface area contributed by atoms with Crippen molar-refractivity contribution in [2.75, 3.05) is 13.1 Å². The maximum absolute atomic E-state index is 13.8. The van der Waals surface area contributed by atoms with Crippen molar-refractivity contribution in [3.8, 4) is 0 Å². The first-order chi connectivity index (χ1) is 9.91. The van der Waals surface area contributed by atoms with Crippen LogP contribution >= 0.6 is 0 Å². The molecule has 7 heteroatoms. The molecule has 2 aliphatic rings. The molecular weight excluding hydrogens is 277 g/mol. The van der Waals surface area contributed by atoms with E-state index in [9.17, 15) is 18.8 Å². The number of aryl methyl sites for hydroxylation is 1. The monoisotopic (exact) mass is 291 g/mol. The molecule has 3 rings (SSSR count). The molecular formula is C14H14FN3O3. The highest BCUT2D eigenvalue weighted by molar-refractivity contribution is 6.08. The molecule has 0 bridgehead atoms. The Kier molecular flexibility index (Phi) is 2.93. The first-order valence-corrected chi connectivity index (χ1v) is 6.60. The van der Waals surface area contributed by atoms with Crippen LogP contribution in [0.5, 0.6) is 0 Å². The van der Waals surface area contributed by atoms with Gasteiger partial charge in [0.05, 0.1) is 12.1 Å². The summed E-state index contributed by atoms with van der Waals surface area (Å²) in [7, 11) is 0. The highest BCUT2D eigenvalue weighted by Gasteiger charge is 2.51. The third-order valence-electron chi connectivity index (χ3n) is 3.92. The number of nitrogens with one attached hydrogen (secondary N) is 2. The normalized spacial score (nSPS) is 24.4. The standard InChI is InChI=1S/C14H14FN3O3/c1-8-2-3-10(15)9(6-8)11(19)18-5-4-14(7-18)12(20)16-13(21)17-14/h2-3,6H,4-5,7H2,1H3,(H2,16,17,20,21). The van der Waals surface area contributed by atoms with Gasteiger partial charge in [-0.2, -0.15) is 0 Å². The van der Waals surface area contributed by atoms with Gasteiger partial charge in [-0.25, -0.2) is 9.18 Å². The minimum atomic E-state index is -1.08. The Morgan fingerprint density at radius 3 is 2.81 bits per heavy atom. The van der Waals surface area contributed by atoms with E-state index in [0.717, 1.165) is 5.56 Å². The first kappa shape index (κ1) is 13.5. The average molecular weight is 291 g/mol. The number of likely N-dealkylation sites (tertiary alicyclic amines) is 1. The van der Waals surface area contributed by atoms with Gasteiger partial charge < -0.3 is 10.2 Å². The predicted octanol–water partition coefficient (Wildman–Crippen LogP) is 0.558. The first-order valence-electron chi connectivity index (χ1n) is 6.60. The number of imide groups is 1. The number of nitrogens with zero attached hydrogens (tertiary/aromatic N) is 1. The number of carbonyl (C=O) groups is 3. The number of rotatable bonds is 1. The fourth-order valence-electron chi connectivity index (χ4n) is 2.77. The van der Waals surface area contributed by atoms with Crippen LogP contribution in [0.15, 0.2) is 18.2 Å². The summed E-state index contributed by atoms with van der Waals surface area (Å²) in [5, 5.41) is 4.72. The smallest absolute Gasteiger partial charge is 0.322 e. The summed E-state index contributed by atoms with van der Waals surface area (Å²) in [5.74, 6) is -1.50. The molecule has 1 atom stereocenters. The summed E-state index contributed by atoms with van der Waals surface area (Å²) in [6, 6.07) is 3.76. The number of hydrogen-bond donors (Lipinski definition) is 2. The summed E-state index contributed by atoms with van der Waals surface area (Å²) in [4.78, 5) is 36.9. The molecule has 2 saturated heterocycles. The van der Waals surface area contributed by atoms with Gasteiger partial charge in [0.15, 0.2) is 0 Å². The third kappa shape index (κ3) is 2.14. The zero-order valence-electron chi connectivity index (χ0n) is 11.4. The van der Waals surface area contributed by atoms with Gasteiger partial charge in [0.25, 0.3) is 11.8 Å². The van der Waals surface area contributed by atoms with Gasteiger partial charge in [-0.05, 0) is 25.5 Å². The topological polar surface area (TPSA) is 78.5 Å². The van der Waals surface area contributed by atoms with Crippen LogP contribution in [-0.2, 0) is 4.79 Å². The van der Waals surface area contributed by atoms with Crippen molar-refractivity contribution in [1.29, 1.82) is 0 Å². The van der Waals surface area contributed by atoms with E-state index in [2.05, 4.69) is 10.6 Å². The number of halogens is 1. The Morgan fingerprint density at radius 1 is 1.38 bits per heavy atom. The molecule has 1 aromatic rings. The summed E-state index contributed by atoms with van der Waals surface area (Å²) >= 11 is 0. The Labute approximate surface area is 120 Å². The van der Waals surface area contributed by atoms with Gasteiger partial charge in [-0.1, -0.05) is 11.6 Å². The number of hydrogen-bond acceptors (Lipinski definition) is 3. The van der Waals surface area contributed by atoms with E-state index in [1.54, 1.807) is 13.0 Å². The van der Waals surface area contributed by atoms with Crippen LogP contribution in [-0.4, -0.2) is 41.4 Å². The molecule has 4 amide bonds. The number of carbonyl (C=O) groups excluding carboxylic acids is 3. The second-order valence-corrected chi connectivity index (χ2v) is 5.45. The SMILES string of the molecule is Cc1ccc(F)c(C(=O)N2CCC3(C2)NC(=O)NC3=O)c1. The van der Waals surface area contributed by atoms with Crippen molar-refractivity contribution in [2.45, 2.75) is 18.9 Å². The van der Waals surface area contributed by atoms with Gasteiger partial charge in [-0.3, -0.25) is 14.9 Å². The molecule has 110 valence electrons. The van der Waals surface area contributed by atoms with Crippen LogP contribution in [0, 0.1) is 12.7 Å². The van der Waals surface area contributed by atoms with E-state index in [4.69, 9.17) is 0 Å². The molecule has 0 radical (unpaired) electrons. The molecule has 2 heterocycles. The zero-order chi connectivity index (χ0) is 15.2. The Hall–Kier alpha value is -2.44. The van der Waals surface area contributed by atoms with Crippen LogP contribution < -0.4 is 10.6 Å². The second-order valence-electron chi connectivity index (χ2n) is 5.45. The average Bonchev–Trinajstić information content (AvgIpc) is 2.97. The fourth-order valence-corrected chi connectivity index (χ4v) is 2.77. The van der Waals surface area contributed by atoms with Crippen LogP contribution in [0.3, 0.4) is 0 Å². The van der Waals surface area contributed by atoms with Gasteiger partial charge in [0, 0.05) is 6.54 Å². The van der Waals surface area contributed by atoms with Gasteiger partial charge in [0.1, 0.15) is 11.4 Å². The molecule has 0 saturated carbocycles. The summed E-state index contributed by atoms with van der Waals surface area (Å²) < 4.78 is 13.8. The van der Waals surface area contributed by atoms with Crippen molar-refractivity contribution in [1.82, 2.24) is 15.5 Å². The van der Waals surface area contributed by atoms with Crippen molar-refractivity contribution in [3.05, 3.63) is 35.1 Å². The molecule has 2 aliphatic heterocycles. The van der Waals surface area contributed by atoms with E-state index in [0.29, 0.717) is 13.0 Å². The van der Waals surface area contributed by atoms with Gasteiger partial charge in [0.2, 0.25) is 0 Å². The Morgan fingerprint density at radius 2 is 2.14 bits per heavy atom. The van der Waals surface area contributed by atoms with E-state index in [-0.39, 0.29) is 12.1 Å². The molecule has 0 aliphatic carbocycles. The van der Waals surface area contributed by atoms with Crippen LogP contribution in [0.1, 0.15) is 22.3 Å². The van der Waals surface area contributed by atoms with Gasteiger partial charge in [-0.15, -0.1) is 0 Å². The van der Waals surface area contributed by atoms with Crippen LogP contribution in [0.2, 0.25) is 0 Å². The molecule has 6 nitrogen and oxygen atoms in total. The van der Waals surface area contributed by atoms with Crippen molar-refractivity contribution in [2.24, 2.45) is 0 Å². The molecule has 1 aromatic carbocycles. The molecule has 1 unspecified atom stereocenters. The molecule has 2 N–H and O–H groups in total. The Bertz CT molecular complexity index is 661. The van der Waals surface area contributed by atoms with Crippen molar-refractivity contribution in [3.63, 3.8) is 0 Å². The lowest BCUT2D eigenvalue weighted by atomic mass is 9.99. The second kappa shape index (κ2) is 4.54.